The number of nitrogens with two attached hydrogens (primary N) is 1. The van der Waals surface area contributed by atoms with Gasteiger partial charge in [-0.05, 0) is 29.9 Å². The van der Waals surface area contributed by atoms with E-state index in [2.05, 4.69) is 19.9 Å². The number of alkyl halides is 3. The van der Waals surface area contributed by atoms with Gasteiger partial charge in [-0.15, -0.1) is 0 Å². The van der Waals surface area contributed by atoms with Crippen LogP contribution in [0.25, 0.3) is 17.1 Å². The van der Waals surface area contributed by atoms with Gasteiger partial charge in [-0.1, -0.05) is 37.3 Å². The first-order valence-electron chi connectivity index (χ1n) is 10.4. The summed E-state index contributed by atoms with van der Waals surface area (Å²) in [6, 6.07) is 5.26. The molecule has 7 nitrogen and oxygen atoms in total. The zero-order chi connectivity index (χ0) is 26.6. The number of carboxylic acids is 1. The van der Waals surface area contributed by atoms with Crippen LogP contribution in [0.4, 0.5) is 22.7 Å². The summed E-state index contributed by atoms with van der Waals surface area (Å²) >= 11 is 2.60. The van der Waals surface area contributed by atoms with Gasteiger partial charge in [-0.2, -0.15) is 24.9 Å². The molecule has 0 unspecified atom stereocenters. The second-order valence-corrected chi connectivity index (χ2v) is 10.4. The smallest absolute Gasteiger partial charge is 0.419 e. The highest BCUT2D eigenvalue weighted by atomic mass is 32.2. The molecule has 0 saturated heterocycles. The average molecular weight is 540 g/mol. The molecule has 2 heterocycles. The summed E-state index contributed by atoms with van der Waals surface area (Å²) in [5.74, 6) is -1.62. The number of aliphatic imine (C=N–C) groups is 1. The van der Waals surface area contributed by atoms with Crippen LogP contribution in [-0.2, 0) is 16.7 Å². The molecule has 0 aliphatic carbocycles. The Balaban J connectivity index is 2.13. The lowest BCUT2D eigenvalue weighted by Crippen LogP contribution is -2.18. The van der Waals surface area contributed by atoms with Gasteiger partial charge in [0.25, 0.3) is 0 Å². The molecule has 36 heavy (non-hydrogen) atoms. The van der Waals surface area contributed by atoms with Crippen LogP contribution >= 0.6 is 23.1 Å². The molecule has 0 radical (unpaired) electrons. The minimum Gasteiger partial charge on any atom is -0.476 e. The molecular weight excluding hydrogens is 518 g/mol. The molecule has 3 aromatic rings. The Morgan fingerprint density at radius 2 is 1.92 bits per heavy atom. The van der Waals surface area contributed by atoms with Crippen LogP contribution in [0, 0.1) is 5.82 Å². The van der Waals surface area contributed by atoms with E-state index in [-0.39, 0.29) is 38.7 Å². The molecule has 190 valence electrons. The molecule has 2 aromatic heterocycles. The van der Waals surface area contributed by atoms with Crippen molar-refractivity contribution in [3.8, 4) is 11.5 Å². The molecule has 3 N–H and O–H groups in total. The number of aliphatic carboxylic acids is 1. The molecule has 0 amide bonds. The third-order valence-electron chi connectivity index (χ3n) is 4.58. The van der Waals surface area contributed by atoms with Crippen LogP contribution in [0.5, 0.6) is 0 Å². The van der Waals surface area contributed by atoms with Crippen LogP contribution in [0.2, 0.25) is 0 Å². The van der Waals surface area contributed by atoms with Crippen molar-refractivity contribution in [2.24, 2.45) is 10.7 Å². The van der Waals surface area contributed by atoms with E-state index in [9.17, 15) is 27.5 Å². The lowest BCUT2D eigenvalue weighted by molar-refractivity contribution is -0.138. The van der Waals surface area contributed by atoms with E-state index in [0.717, 1.165) is 17.4 Å². The molecule has 0 aliphatic rings. The number of benzene rings is 1. The fraction of sp³-hybridized carbons (Fsp3) is 0.261. The third-order valence-corrected chi connectivity index (χ3v) is 6.83. The molecule has 0 bridgehead atoms. The number of carboxylic acid groups (broad SMARTS) is 1. The molecule has 0 saturated carbocycles. The zero-order valence-corrected chi connectivity index (χ0v) is 20.9. The highest BCUT2D eigenvalue weighted by Crippen LogP contribution is 2.36. The van der Waals surface area contributed by atoms with Gasteiger partial charge in [0.15, 0.2) is 11.5 Å². The van der Waals surface area contributed by atoms with Gasteiger partial charge in [-0.25, -0.2) is 29.1 Å². The maximum absolute atomic E-state index is 13.8. The number of nitrogens with zero attached hydrogens (tertiary/aromatic N) is 4. The van der Waals surface area contributed by atoms with Crippen molar-refractivity contribution in [1.29, 1.82) is 0 Å². The Morgan fingerprint density at radius 3 is 2.44 bits per heavy atom. The lowest BCUT2D eigenvalue weighted by atomic mass is 9.99. The van der Waals surface area contributed by atoms with Gasteiger partial charge in [0.05, 0.1) is 5.56 Å². The van der Waals surface area contributed by atoms with Crippen molar-refractivity contribution in [3.05, 3.63) is 64.2 Å². The predicted molar refractivity (Wildman–Crippen MR) is 132 cm³/mol. The fourth-order valence-corrected chi connectivity index (χ4v) is 4.79. The number of aromatic nitrogens is 3. The molecular formula is C23H21F4N5O2S2. The fourth-order valence-electron chi connectivity index (χ4n) is 3.00. The zero-order valence-electron chi connectivity index (χ0n) is 19.3. The summed E-state index contributed by atoms with van der Waals surface area (Å²) in [7, 11) is 0. The maximum atomic E-state index is 13.8. The van der Waals surface area contributed by atoms with Crippen molar-refractivity contribution in [2.75, 3.05) is 0 Å². The number of hydrogen-bond donors (Lipinski definition) is 2. The number of rotatable bonds is 8. The molecule has 1 aromatic carbocycles. The maximum Gasteiger partial charge on any atom is 0.419 e. The molecule has 13 heteroatoms. The topological polar surface area (TPSA) is 114 Å². The van der Waals surface area contributed by atoms with Crippen molar-refractivity contribution in [2.45, 2.75) is 38.0 Å². The number of thioether (sulfide) groups is 1. The summed E-state index contributed by atoms with van der Waals surface area (Å²) in [6.45, 7) is 5.41. The first-order chi connectivity index (χ1) is 16.9. The third kappa shape index (κ3) is 6.66. The first-order valence-corrected chi connectivity index (χ1v) is 12.3. The number of carbonyl (C=O) groups is 1. The van der Waals surface area contributed by atoms with Crippen LogP contribution < -0.4 is 5.73 Å². The Bertz CT molecular complexity index is 1310. The van der Waals surface area contributed by atoms with Gasteiger partial charge in [0.2, 0.25) is 5.13 Å². The van der Waals surface area contributed by atoms with Crippen molar-refractivity contribution in [3.63, 3.8) is 0 Å². The standard InChI is InChI=1S/C23H21F4N5O2S2/c1-11(2)35-10-16-18(20-29-8-14(9-30-20)23(25,26)27)31-22(36-16)32-19(21(33)34)17(12(3)28)13-5-4-6-15(24)7-13/h4-9,11H,10,28H2,1-3H3,(H,33,34). The number of allylic oxidation sites excluding steroid dienone is 1. The summed E-state index contributed by atoms with van der Waals surface area (Å²) in [6.07, 6.45) is -3.27. The molecule has 0 atom stereocenters. The van der Waals surface area contributed by atoms with Crippen LogP contribution in [0.3, 0.4) is 0 Å². The first kappa shape index (κ1) is 27.3. The van der Waals surface area contributed by atoms with E-state index in [1.54, 1.807) is 11.8 Å². The number of thiazole rings is 1. The number of halogens is 4. The number of hydrogen-bond acceptors (Lipinski definition) is 8. The quantitative estimate of drug-likeness (QED) is 0.269. The average Bonchev–Trinajstić information content (AvgIpc) is 3.19. The van der Waals surface area contributed by atoms with E-state index < -0.39 is 29.2 Å². The minimum atomic E-state index is -4.59. The Kier molecular flexibility index (Phi) is 8.46. The summed E-state index contributed by atoms with van der Waals surface area (Å²) in [4.78, 5) is 28.9. The molecule has 0 fully saturated rings. The van der Waals surface area contributed by atoms with Crippen molar-refractivity contribution in [1.82, 2.24) is 15.0 Å². The van der Waals surface area contributed by atoms with Gasteiger partial charge < -0.3 is 10.8 Å². The molecule has 3 rings (SSSR count). The second kappa shape index (κ2) is 11.2. The second-order valence-electron chi connectivity index (χ2n) is 7.76. The summed E-state index contributed by atoms with van der Waals surface area (Å²) in [5, 5.41) is 10.1. The van der Waals surface area contributed by atoms with E-state index in [1.807, 2.05) is 13.8 Å². The van der Waals surface area contributed by atoms with Crippen LogP contribution in [0.1, 0.15) is 36.8 Å². The Morgan fingerprint density at radius 1 is 1.25 bits per heavy atom. The van der Waals surface area contributed by atoms with E-state index in [1.165, 1.54) is 25.1 Å². The van der Waals surface area contributed by atoms with Gasteiger partial charge in [0, 0.05) is 34.3 Å². The largest absolute Gasteiger partial charge is 0.476 e. The van der Waals surface area contributed by atoms with Gasteiger partial charge >= 0.3 is 12.1 Å². The molecule has 0 aliphatic heterocycles. The van der Waals surface area contributed by atoms with Crippen molar-refractivity contribution < 1.29 is 27.5 Å². The van der Waals surface area contributed by atoms with Gasteiger partial charge in [-0.3, -0.25) is 0 Å². The van der Waals surface area contributed by atoms with E-state index >= 15 is 0 Å². The highest BCUT2D eigenvalue weighted by Gasteiger charge is 2.32. The van der Waals surface area contributed by atoms with Gasteiger partial charge in [0.1, 0.15) is 11.5 Å². The highest BCUT2D eigenvalue weighted by molar-refractivity contribution is 7.99. The normalized spacial score (nSPS) is 13.2. The van der Waals surface area contributed by atoms with Crippen LogP contribution in [-0.4, -0.2) is 37.0 Å². The van der Waals surface area contributed by atoms with E-state index in [4.69, 9.17) is 5.73 Å². The van der Waals surface area contributed by atoms with Crippen molar-refractivity contribution >= 4 is 45.5 Å². The lowest BCUT2D eigenvalue weighted by Gasteiger charge is -2.10. The predicted octanol–water partition coefficient (Wildman–Crippen LogP) is 5.95. The molecule has 0 spiro atoms. The monoisotopic (exact) mass is 539 g/mol. The van der Waals surface area contributed by atoms with Crippen LogP contribution in [0.15, 0.2) is 47.3 Å². The Hall–Kier alpha value is -3.32. The summed E-state index contributed by atoms with van der Waals surface area (Å²) < 4.78 is 52.6. The minimum absolute atomic E-state index is 0.0143. The Labute approximate surface area is 212 Å². The summed E-state index contributed by atoms with van der Waals surface area (Å²) in [5.41, 5.74) is 5.01. The SMILES string of the molecule is CC(N)=C(C(=Nc1nc(-c2ncc(C(F)(F)F)cn2)c(CSC(C)C)s1)C(=O)O)c1cccc(F)c1. The van der Waals surface area contributed by atoms with E-state index in [0.29, 0.717) is 23.0 Å².